The Morgan fingerprint density at radius 1 is 0.442 bits per heavy atom. The van der Waals surface area contributed by atoms with Crippen LogP contribution >= 0.6 is 0 Å². The Kier molecular flexibility index (Phi) is 7.12. The van der Waals surface area contributed by atoms with Crippen molar-refractivity contribution in [3.05, 3.63) is 158 Å². The van der Waals surface area contributed by atoms with Gasteiger partial charge in [0.1, 0.15) is 0 Å². The molecule has 0 aliphatic rings. The van der Waals surface area contributed by atoms with E-state index in [4.69, 9.17) is 4.98 Å². The predicted octanol–water partition coefficient (Wildman–Crippen LogP) is 10.3. The average Bonchev–Trinajstić information content (AvgIpc) is 3.09. The Morgan fingerprint density at radius 3 is 1.88 bits per heavy atom. The molecule has 0 aliphatic heterocycles. The Hall–Kier alpha value is -4.95. The quantitative estimate of drug-likeness (QED) is 0.101. The summed E-state index contributed by atoms with van der Waals surface area (Å²) in [6, 6.07) is 52.6. The molecule has 0 amide bonds. The molecular formula is C40H24IrN2-2. The van der Waals surface area contributed by atoms with Crippen molar-refractivity contribution < 1.29 is 20.1 Å². The van der Waals surface area contributed by atoms with Gasteiger partial charge >= 0.3 is 0 Å². The second kappa shape index (κ2) is 11.4. The molecule has 0 bridgehead atoms. The summed E-state index contributed by atoms with van der Waals surface area (Å²) in [6.45, 7) is 0. The second-order valence-electron chi connectivity index (χ2n) is 10.4. The smallest absolute Gasteiger partial charge is 0.0167 e. The number of pyridine rings is 2. The van der Waals surface area contributed by atoms with Gasteiger partial charge in [-0.05, 0) is 66.8 Å². The molecule has 0 saturated heterocycles. The van der Waals surface area contributed by atoms with E-state index in [1.54, 1.807) is 0 Å². The van der Waals surface area contributed by atoms with E-state index in [1.807, 2.05) is 67.0 Å². The van der Waals surface area contributed by atoms with Crippen LogP contribution in [0, 0.1) is 12.1 Å². The topological polar surface area (TPSA) is 25.8 Å². The molecule has 43 heavy (non-hydrogen) atoms. The summed E-state index contributed by atoms with van der Waals surface area (Å²) in [7, 11) is 0. The van der Waals surface area contributed by atoms with Gasteiger partial charge in [-0.2, -0.15) is 0 Å². The van der Waals surface area contributed by atoms with Crippen molar-refractivity contribution in [3.8, 4) is 22.4 Å². The fraction of sp³-hybridized carbons (Fsp3) is 0. The van der Waals surface area contributed by atoms with Gasteiger partial charge in [0, 0.05) is 32.5 Å². The summed E-state index contributed by atoms with van der Waals surface area (Å²) >= 11 is 0. The van der Waals surface area contributed by atoms with Gasteiger partial charge in [-0.15, -0.1) is 65.5 Å². The van der Waals surface area contributed by atoms with E-state index < -0.39 is 0 Å². The SMILES string of the molecule is [Ir].[c-]1cccc2c1c1nccc3c4ccccc4c4cccc2c4c31.[c-]1ccccc1-c1cc(-c2ccccc2)ccn1. The summed E-state index contributed by atoms with van der Waals surface area (Å²) in [5.41, 5.74) is 5.42. The average molecular weight is 725 g/mol. The van der Waals surface area contributed by atoms with Crippen LogP contribution in [0.3, 0.4) is 0 Å². The molecule has 7 aromatic carbocycles. The monoisotopic (exact) mass is 725 g/mol. The first kappa shape index (κ1) is 26.9. The maximum Gasteiger partial charge on any atom is 0.0167 e. The Labute approximate surface area is 263 Å². The maximum atomic E-state index is 4.74. The van der Waals surface area contributed by atoms with Gasteiger partial charge in [-0.25, -0.2) is 0 Å². The second-order valence-corrected chi connectivity index (χ2v) is 10.4. The third-order valence-electron chi connectivity index (χ3n) is 8.01. The molecule has 3 heteroatoms. The molecule has 0 spiro atoms. The summed E-state index contributed by atoms with van der Waals surface area (Å²) in [4.78, 5) is 9.14. The van der Waals surface area contributed by atoms with E-state index in [2.05, 4.69) is 96.0 Å². The normalized spacial score (nSPS) is 11.1. The Morgan fingerprint density at radius 2 is 1.09 bits per heavy atom. The maximum absolute atomic E-state index is 4.74. The number of fused-ring (bicyclic) bond motifs is 6. The molecule has 0 fully saturated rings. The predicted molar refractivity (Wildman–Crippen MR) is 176 cm³/mol. The van der Waals surface area contributed by atoms with Crippen LogP contribution < -0.4 is 0 Å². The summed E-state index contributed by atoms with van der Waals surface area (Å²) in [5.74, 6) is 0. The van der Waals surface area contributed by atoms with Crippen molar-refractivity contribution in [1.29, 1.82) is 0 Å². The fourth-order valence-corrected chi connectivity index (χ4v) is 6.15. The first-order valence-electron chi connectivity index (χ1n) is 14.1. The van der Waals surface area contributed by atoms with Crippen molar-refractivity contribution in [2.24, 2.45) is 0 Å². The van der Waals surface area contributed by atoms with Crippen LogP contribution in [0.4, 0.5) is 0 Å². The number of benzene rings is 7. The number of hydrogen-bond donors (Lipinski definition) is 0. The number of hydrogen-bond acceptors (Lipinski definition) is 2. The zero-order valence-electron chi connectivity index (χ0n) is 23.1. The van der Waals surface area contributed by atoms with E-state index in [-0.39, 0.29) is 20.1 Å². The van der Waals surface area contributed by atoms with Gasteiger partial charge in [0.15, 0.2) is 0 Å². The van der Waals surface area contributed by atoms with Gasteiger partial charge < -0.3 is 9.97 Å². The minimum Gasteiger partial charge on any atom is -0.305 e. The molecule has 9 rings (SSSR count). The Balaban J connectivity index is 0.000000142. The van der Waals surface area contributed by atoms with Crippen molar-refractivity contribution in [2.75, 3.05) is 0 Å². The van der Waals surface area contributed by atoms with Gasteiger partial charge in [0.05, 0.1) is 0 Å². The molecule has 2 nitrogen and oxygen atoms in total. The van der Waals surface area contributed by atoms with Crippen molar-refractivity contribution in [1.82, 2.24) is 9.97 Å². The molecule has 2 heterocycles. The van der Waals surface area contributed by atoms with E-state index in [1.165, 1.54) is 54.2 Å². The Bertz CT molecular complexity index is 2090. The zero-order chi connectivity index (χ0) is 27.9. The van der Waals surface area contributed by atoms with Crippen LogP contribution in [0.25, 0.3) is 76.4 Å². The van der Waals surface area contributed by atoms with Gasteiger partial charge in [0.25, 0.3) is 0 Å². The largest absolute Gasteiger partial charge is 0.305 e. The molecule has 0 unspecified atom stereocenters. The number of aromatic nitrogens is 2. The molecule has 1 radical (unpaired) electrons. The molecular weight excluding hydrogens is 701 g/mol. The van der Waals surface area contributed by atoms with E-state index in [0.29, 0.717) is 0 Å². The minimum absolute atomic E-state index is 0. The number of rotatable bonds is 2. The zero-order valence-corrected chi connectivity index (χ0v) is 25.5. The molecule has 205 valence electrons. The first-order valence-corrected chi connectivity index (χ1v) is 14.1. The minimum atomic E-state index is 0. The standard InChI is InChI=1S/C23H12N.C17H12N.Ir/c1-2-7-15-14(6-1)17-10-5-11-18-16-8-3-4-9-20(16)23-22(21(17)18)19(15)12-13-24-23;1-3-7-14(8-4-1)16-11-12-18-17(13-16)15-9-5-2-6-10-15;/h1-8,10-13H;1-9,11-13H;/q2*-1;. The third-order valence-corrected chi connectivity index (χ3v) is 8.01. The first-order chi connectivity index (χ1) is 20.9. The molecule has 2 aromatic heterocycles. The fourth-order valence-electron chi connectivity index (χ4n) is 6.15. The molecule has 0 aliphatic carbocycles. The van der Waals surface area contributed by atoms with Gasteiger partial charge in [-0.3, -0.25) is 0 Å². The van der Waals surface area contributed by atoms with Crippen LogP contribution in [0.2, 0.25) is 0 Å². The van der Waals surface area contributed by atoms with E-state index in [0.717, 1.165) is 22.2 Å². The van der Waals surface area contributed by atoms with Gasteiger partial charge in [-0.1, -0.05) is 89.6 Å². The van der Waals surface area contributed by atoms with Crippen molar-refractivity contribution in [3.63, 3.8) is 0 Å². The van der Waals surface area contributed by atoms with Crippen molar-refractivity contribution >= 4 is 54.0 Å². The summed E-state index contributed by atoms with van der Waals surface area (Å²) in [5, 5.41) is 11.4. The van der Waals surface area contributed by atoms with Crippen LogP contribution in [0.1, 0.15) is 0 Å². The molecule has 0 atom stereocenters. The third kappa shape index (κ3) is 4.64. The van der Waals surface area contributed by atoms with Crippen LogP contribution in [0.5, 0.6) is 0 Å². The molecule has 0 saturated carbocycles. The van der Waals surface area contributed by atoms with E-state index in [9.17, 15) is 0 Å². The molecule has 9 aromatic rings. The van der Waals surface area contributed by atoms with Crippen LogP contribution in [-0.4, -0.2) is 9.97 Å². The van der Waals surface area contributed by atoms with Crippen molar-refractivity contribution in [2.45, 2.75) is 0 Å². The van der Waals surface area contributed by atoms with E-state index >= 15 is 0 Å². The summed E-state index contributed by atoms with van der Waals surface area (Å²) in [6.07, 6.45) is 3.77. The number of nitrogens with zero attached hydrogens (tertiary/aromatic N) is 2. The summed E-state index contributed by atoms with van der Waals surface area (Å²) < 4.78 is 0. The van der Waals surface area contributed by atoms with Crippen LogP contribution in [0.15, 0.2) is 146 Å². The van der Waals surface area contributed by atoms with Gasteiger partial charge in [0.2, 0.25) is 0 Å². The molecule has 0 N–H and O–H groups in total. The van der Waals surface area contributed by atoms with Crippen LogP contribution in [-0.2, 0) is 20.1 Å².